The molecule has 1 unspecified atom stereocenters. The zero-order chi connectivity index (χ0) is 28.8. The molecular weight excluding hydrogens is 516 g/mol. The summed E-state index contributed by atoms with van der Waals surface area (Å²) in [5.74, 6) is 3.21. The largest absolute Gasteiger partial charge is 0.492 e. The first kappa shape index (κ1) is 31.9. The second-order valence-electron chi connectivity index (χ2n) is 12.4. The molecule has 1 saturated carbocycles. The molecule has 0 bridgehead atoms. The number of benzene rings is 1. The average molecular weight is 561 g/mol. The summed E-state index contributed by atoms with van der Waals surface area (Å²) in [6.45, 7) is 19.3. The van der Waals surface area contributed by atoms with Crippen molar-refractivity contribution in [3.8, 4) is 17.2 Å². The van der Waals surface area contributed by atoms with Gasteiger partial charge in [-0.05, 0) is 64.9 Å². The SMILES string of the molecule is CC(C)[Si](C#CC(=O)N(c1ccc(OCC2CC2)c(Cl)c1)C(C(=O)NCC=O)C(C)(C)C)(C(C)C)C(C)C. The Morgan fingerprint density at radius 2 is 1.71 bits per heavy atom. The van der Waals surface area contributed by atoms with Gasteiger partial charge in [-0.2, -0.15) is 0 Å². The molecule has 0 aliphatic heterocycles. The number of halogens is 1. The van der Waals surface area contributed by atoms with Crippen molar-refractivity contribution >= 4 is 43.5 Å². The van der Waals surface area contributed by atoms with Crippen molar-refractivity contribution in [2.24, 2.45) is 11.3 Å². The minimum atomic E-state index is -2.20. The first-order valence-corrected chi connectivity index (χ1v) is 16.3. The lowest BCUT2D eigenvalue weighted by Crippen LogP contribution is -2.56. The summed E-state index contributed by atoms with van der Waals surface area (Å²) in [6, 6.07) is 4.23. The predicted octanol–water partition coefficient (Wildman–Crippen LogP) is 6.41. The average Bonchev–Trinajstić information content (AvgIpc) is 3.63. The minimum absolute atomic E-state index is 0.141. The molecule has 0 aromatic heterocycles. The van der Waals surface area contributed by atoms with Gasteiger partial charge in [0.25, 0.3) is 0 Å². The van der Waals surface area contributed by atoms with Crippen molar-refractivity contribution in [1.29, 1.82) is 0 Å². The van der Waals surface area contributed by atoms with Crippen molar-refractivity contribution in [2.75, 3.05) is 18.1 Å². The number of nitrogens with one attached hydrogen (secondary N) is 1. The van der Waals surface area contributed by atoms with Crippen LogP contribution in [0.4, 0.5) is 5.69 Å². The molecule has 1 aromatic carbocycles. The van der Waals surface area contributed by atoms with Crippen LogP contribution in [-0.4, -0.2) is 45.4 Å². The highest BCUT2D eigenvalue weighted by atomic mass is 35.5. The number of aldehydes is 1. The normalized spacial score (nSPS) is 14.7. The number of nitrogens with zero attached hydrogens (tertiary/aromatic N) is 1. The highest BCUT2D eigenvalue weighted by Crippen LogP contribution is 2.41. The second kappa shape index (κ2) is 13.2. The number of carbonyl (C=O) groups is 3. The Labute approximate surface area is 235 Å². The van der Waals surface area contributed by atoms with Gasteiger partial charge in [-0.1, -0.05) is 73.9 Å². The van der Waals surface area contributed by atoms with E-state index in [1.165, 1.54) is 4.90 Å². The molecule has 1 aliphatic rings. The summed E-state index contributed by atoms with van der Waals surface area (Å²) in [5.41, 5.74) is 4.33. The van der Waals surface area contributed by atoms with Gasteiger partial charge in [0, 0.05) is 5.69 Å². The van der Waals surface area contributed by atoms with Gasteiger partial charge in [0.1, 0.15) is 26.2 Å². The summed E-state index contributed by atoms with van der Waals surface area (Å²) < 4.78 is 5.88. The fourth-order valence-corrected chi connectivity index (χ4v) is 10.8. The number of amides is 2. The lowest BCUT2D eigenvalue weighted by atomic mass is 9.84. The second-order valence-corrected chi connectivity index (χ2v) is 18.4. The molecule has 0 saturated heterocycles. The lowest BCUT2D eigenvalue weighted by Gasteiger charge is -2.39. The molecule has 2 amide bonds. The van der Waals surface area contributed by atoms with Gasteiger partial charge in [0.05, 0.1) is 18.2 Å². The Kier molecular flexibility index (Phi) is 11.1. The third kappa shape index (κ3) is 7.63. The number of anilines is 1. The number of hydrogen-bond donors (Lipinski definition) is 1. The molecule has 1 fully saturated rings. The van der Waals surface area contributed by atoms with E-state index in [0.29, 0.717) is 51.9 Å². The quantitative estimate of drug-likeness (QED) is 0.193. The van der Waals surface area contributed by atoms with Gasteiger partial charge in [0.2, 0.25) is 5.91 Å². The minimum Gasteiger partial charge on any atom is -0.492 e. The van der Waals surface area contributed by atoms with Crippen molar-refractivity contribution in [1.82, 2.24) is 5.32 Å². The van der Waals surface area contributed by atoms with Crippen molar-refractivity contribution < 1.29 is 19.1 Å². The van der Waals surface area contributed by atoms with Crippen LogP contribution >= 0.6 is 11.6 Å². The highest BCUT2D eigenvalue weighted by Gasteiger charge is 2.43. The van der Waals surface area contributed by atoms with Gasteiger partial charge >= 0.3 is 5.91 Å². The van der Waals surface area contributed by atoms with Gasteiger partial charge in [-0.15, -0.1) is 5.54 Å². The van der Waals surface area contributed by atoms with E-state index in [1.54, 1.807) is 18.2 Å². The number of carbonyl (C=O) groups excluding carboxylic acids is 3. The van der Waals surface area contributed by atoms with Crippen LogP contribution < -0.4 is 15.0 Å². The van der Waals surface area contributed by atoms with E-state index in [9.17, 15) is 14.4 Å². The lowest BCUT2D eigenvalue weighted by molar-refractivity contribution is -0.128. The monoisotopic (exact) mass is 560 g/mol. The van der Waals surface area contributed by atoms with Crippen LogP contribution in [0.3, 0.4) is 0 Å². The third-order valence-corrected chi connectivity index (χ3v) is 14.1. The molecule has 38 heavy (non-hydrogen) atoms. The highest BCUT2D eigenvalue weighted by molar-refractivity contribution is 6.90. The fraction of sp³-hybridized carbons (Fsp3) is 0.633. The summed E-state index contributed by atoms with van der Waals surface area (Å²) in [7, 11) is -2.20. The molecule has 8 heteroatoms. The molecule has 1 atom stereocenters. The van der Waals surface area contributed by atoms with E-state index < -0.39 is 31.3 Å². The van der Waals surface area contributed by atoms with Crippen LogP contribution in [0.5, 0.6) is 5.75 Å². The van der Waals surface area contributed by atoms with Gasteiger partial charge in [0.15, 0.2) is 0 Å². The Balaban J connectivity index is 2.63. The molecule has 0 radical (unpaired) electrons. The topological polar surface area (TPSA) is 75.7 Å². The van der Waals surface area contributed by atoms with Crippen molar-refractivity contribution in [3.05, 3.63) is 23.2 Å². The summed E-state index contributed by atoms with van der Waals surface area (Å²) in [6.07, 6.45) is 2.95. The van der Waals surface area contributed by atoms with Gasteiger partial charge < -0.3 is 14.8 Å². The molecule has 1 aromatic rings. The van der Waals surface area contributed by atoms with E-state index in [0.717, 1.165) is 12.8 Å². The summed E-state index contributed by atoms with van der Waals surface area (Å²) in [5, 5.41) is 3.00. The number of rotatable bonds is 11. The Bertz CT molecular complexity index is 1040. The van der Waals surface area contributed by atoms with Crippen LogP contribution in [0.1, 0.15) is 75.2 Å². The molecule has 0 spiro atoms. The molecule has 2 rings (SSSR count). The van der Waals surface area contributed by atoms with E-state index >= 15 is 0 Å². The maximum Gasteiger partial charge on any atom is 0.303 e. The van der Waals surface area contributed by atoms with Crippen molar-refractivity contribution in [3.63, 3.8) is 0 Å². The molecule has 6 nitrogen and oxygen atoms in total. The predicted molar refractivity (Wildman–Crippen MR) is 158 cm³/mol. The molecule has 1 N–H and O–H groups in total. The Morgan fingerprint density at radius 1 is 1.13 bits per heavy atom. The first-order valence-electron chi connectivity index (χ1n) is 13.7. The zero-order valence-electron chi connectivity index (χ0n) is 24.5. The van der Waals surface area contributed by atoms with E-state index in [-0.39, 0.29) is 6.54 Å². The Morgan fingerprint density at radius 3 is 2.16 bits per heavy atom. The standard InChI is InChI=1S/C30H45ClN2O4Si/c1-20(2)38(21(3)4,22(5)6)17-14-27(35)33(28(30(7,8)9)29(36)32-15-16-34)24-12-13-26(25(31)18-24)37-19-23-10-11-23/h12-13,16,18,20-23,28H,10-11,15,19H2,1-9H3,(H,32,36). The molecular formula is C30H45ClN2O4Si. The van der Waals surface area contributed by atoms with Gasteiger partial charge in [-0.3, -0.25) is 14.5 Å². The number of hydrogen-bond acceptors (Lipinski definition) is 4. The Hall–Kier alpha value is -2.30. The van der Waals surface area contributed by atoms with Crippen LogP contribution in [0.15, 0.2) is 18.2 Å². The van der Waals surface area contributed by atoms with E-state index in [2.05, 4.69) is 58.3 Å². The van der Waals surface area contributed by atoms with E-state index in [1.807, 2.05) is 20.8 Å². The van der Waals surface area contributed by atoms with Crippen LogP contribution in [0.25, 0.3) is 0 Å². The smallest absolute Gasteiger partial charge is 0.303 e. The third-order valence-electron chi connectivity index (χ3n) is 7.52. The van der Waals surface area contributed by atoms with E-state index in [4.69, 9.17) is 16.3 Å². The fourth-order valence-electron chi connectivity index (χ4n) is 5.42. The molecule has 0 heterocycles. The maximum atomic E-state index is 14.0. The number of ether oxygens (including phenoxy) is 1. The maximum absolute atomic E-state index is 14.0. The molecule has 210 valence electrons. The first-order chi connectivity index (χ1) is 17.7. The van der Waals surface area contributed by atoms with Crippen molar-refractivity contribution in [2.45, 2.75) is 97.8 Å². The van der Waals surface area contributed by atoms with Gasteiger partial charge in [-0.25, -0.2) is 0 Å². The van der Waals surface area contributed by atoms with Crippen LogP contribution in [0.2, 0.25) is 21.6 Å². The zero-order valence-corrected chi connectivity index (χ0v) is 26.2. The van der Waals surface area contributed by atoms with Crippen LogP contribution in [0, 0.1) is 22.8 Å². The summed E-state index contributed by atoms with van der Waals surface area (Å²) in [4.78, 5) is 39.8. The summed E-state index contributed by atoms with van der Waals surface area (Å²) >= 11 is 6.60. The van der Waals surface area contributed by atoms with Crippen LogP contribution in [-0.2, 0) is 14.4 Å². The molecule has 1 aliphatic carbocycles.